The van der Waals surface area contributed by atoms with Crippen molar-refractivity contribution < 1.29 is 0 Å². The van der Waals surface area contributed by atoms with E-state index < -0.39 is 0 Å². The summed E-state index contributed by atoms with van der Waals surface area (Å²) in [4.78, 5) is 6.80. The molecule has 2 N–H and O–H groups in total. The third-order valence-corrected chi connectivity index (χ3v) is 3.07. The van der Waals surface area contributed by atoms with Gasteiger partial charge in [0, 0.05) is 19.3 Å². The minimum absolute atomic E-state index is 0.351. The molecular formula is C13H21N3S. The Morgan fingerprint density at radius 3 is 2.65 bits per heavy atom. The number of nitrogens with zero attached hydrogens (tertiary/aromatic N) is 2. The molecular weight excluding hydrogens is 230 g/mol. The first kappa shape index (κ1) is 13.9. The van der Waals surface area contributed by atoms with Crippen LogP contribution < -0.4 is 10.6 Å². The van der Waals surface area contributed by atoms with Crippen molar-refractivity contribution in [2.24, 2.45) is 11.7 Å². The molecule has 0 bridgehead atoms. The predicted molar refractivity (Wildman–Crippen MR) is 77.4 cm³/mol. The smallest absolute Gasteiger partial charge is 0.124 e. The summed E-state index contributed by atoms with van der Waals surface area (Å²) in [6.45, 7) is 6.65. The Balaban J connectivity index is 2.95. The van der Waals surface area contributed by atoms with Crippen molar-refractivity contribution in [2.75, 3.05) is 11.9 Å². The fraction of sp³-hybridized carbons (Fsp3) is 0.538. The molecule has 0 radical (unpaired) electrons. The van der Waals surface area contributed by atoms with Gasteiger partial charge in [-0.15, -0.1) is 0 Å². The first-order valence-electron chi connectivity index (χ1n) is 5.91. The lowest BCUT2D eigenvalue weighted by molar-refractivity contribution is 0.504. The van der Waals surface area contributed by atoms with Crippen LogP contribution in [0.1, 0.15) is 32.9 Å². The quantitative estimate of drug-likeness (QED) is 0.817. The molecule has 1 rings (SSSR count). The van der Waals surface area contributed by atoms with Crippen LogP contribution in [0.2, 0.25) is 0 Å². The highest BCUT2D eigenvalue weighted by Gasteiger charge is 2.16. The Morgan fingerprint density at radius 2 is 2.12 bits per heavy atom. The molecule has 0 saturated carbocycles. The van der Waals surface area contributed by atoms with E-state index in [1.807, 2.05) is 12.1 Å². The first-order chi connectivity index (χ1) is 7.93. The third kappa shape index (κ3) is 3.66. The van der Waals surface area contributed by atoms with Gasteiger partial charge in [-0.3, -0.25) is 4.98 Å². The normalized spacial score (nSPS) is 12.5. The number of hydrogen-bond acceptors (Lipinski definition) is 3. The highest BCUT2D eigenvalue weighted by atomic mass is 32.1. The summed E-state index contributed by atoms with van der Waals surface area (Å²) < 4.78 is 0. The predicted octanol–water partition coefficient (Wildman–Crippen LogP) is 2.59. The second-order valence-corrected chi connectivity index (χ2v) is 5.26. The second kappa shape index (κ2) is 5.96. The van der Waals surface area contributed by atoms with Crippen molar-refractivity contribution >= 4 is 22.9 Å². The van der Waals surface area contributed by atoms with Crippen LogP contribution in [0.5, 0.6) is 0 Å². The van der Waals surface area contributed by atoms with Crippen LogP contribution in [0.4, 0.5) is 5.69 Å². The van der Waals surface area contributed by atoms with Crippen LogP contribution in [0.3, 0.4) is 0 Å². The van der Waals surface area contributed by atoms with Crippen molar-refractivity contribution in [1.29, 1.82) is 0 Å². The van der Waals surface area contributed by atoms with Gasteiger partial charge < -0.3 is 10.6 Å². The number of nitrogens with two attached hydrogens (primary N) is 1. The Labute approximate surface area is 109 Å². The molecule has 0 aliphatic heterocycles. The molecule has 17 heavy (non-hydrogen) atoms. The number of thiocarbonyl (C=S) groups is 1. The van der Waals surface area contributed by atoms with E-state index in [1.54, 1.807) is 6.20 Å². The van der Waals surface area contributed by atoms with Gasteiger partial charge in [0.05, 0.1) is 5.69 Å². The molecule has 94 valence electrons. The van der Waals surface area contributed by atoms with E-state index in [1.165, 1.54) is 0 Å². The zero-order valence-electron chi connectivity index (χ0n) is 11.0. The van der Waals surface area contributed by atoms with Gasteiger partial charge in [-0.1, -0.05) is 26.1 Å². The maximum Gasteiger partial charge on any atom is 0.124 e. The van der Waals surface area contributed by atoms with Gasteiger partial charge in [0.2, 0.25) is 0 Å². The van der Waals surface area contributed by atoms with Crippen molar-refractivity contribution in [2.45, 2.75) is 33.2 Å². The molecule has 1 atom stereocenters. The van der Waals surface area contributed by atoms with Gasteiger partial charge in [-0.2, -0.15) is 0 Å². The SMILES string of the molecule is CC(C)CC(C)N(C)c1cccnc1C(N)=S. The van der Waals surface area contributed by atoms with Crippen molar-refractivity contribution in [3.8, 4) is 0 Å². The second-order valence-electron chi connectivity index (χ2n) is 4.82. The summed E-state index contributed by atoms with van der Waals surface area (Å²) >= 11 is 5.03. The van der Waals surface area contributed by atoms with Crippen LogP contribution in [0.25, 0.3) is 0 Å². The molecule has 0 aliphatic rings. The van der Waals surface area contributed by atoms with E-state index in [2.05, 4.69) is 37.7 Å². The summed E-state index contributed by atoms with van der Waals surface area (Å²) in [6, 6.07) is 4.36. The minimum atomic E-state index is 0.351. The molecule has 0 fully saturated rings. The first-order valence-corrected chi connectivity index (χ1v) is 6.32. The Hall–Kier alpha value is -1.16. The summed E-state index contributed by atoms with van der Waals surface area (Å²) in [5.41, 5.74) is 7.41. The fourth-order valence-electron chi connectivity index (χ4n) is 1.95. The van der Waals surface area contributed by atoms with Crippen LogP contribution in [-0.2, 0) is 0 Å². The van der Waals surface area contributed by atoms with Crippen LogP contribution in [0, 0.1) is 5.92 Å². The Kier molecular flexibility index (Phi) is 4.87. The monoisotopic (exact) mass is 251 g/mol. The van der Waals surface area contributed by atoms with Gasteiger partial charge in [0.25, 0.3) is 0 Å². The summed E-state index contributed by atoms with van der Waals surface area (Å²) in [5, 5.41) is 0. The van der Waals surface area contributed by atoms with Crippen LogP contribution in [-0.4, -0.2) is 23.1 Å². The van der Waals surface area contributed by atoms with Gasteiger partial charge >= 0.3 is 0 Å². The standard InChI is InChI=1S/C13H21N3S/c1-9(2)8-10(3)16(4)11-6-5-7-15-12(11)13(14)17/h5-7,9-10H,8H2,1-4H3,(H2,14,17). The lowest BCUT2D eigenvalue weighted by Crippen LogP contribution is -2.32. The number of aromatic nitrogens is 1. The van der Waals surface area contributed by atoms with Gasteiger partial charge in [-0.05, 0) is 31.4 Å². The maximum atomic E-state index is 5.70. The minimum Gasteiger partial charge on any atom is -0.388 e. The molecule has 0 saturated heterocycles. The van der Waals surface area contributed by atoms with Gasteiger partial charge in [0.1, 0.15) is 10.7 Å². The highest BCUT2D eigenvalue weighted by Crippen LogP contribution is 2.21. The lowest BCUT2D eigenvalue weighted by atomic mass is 10.0. The average Bonchev–Trinajstić information content (AvgIpc) is 2.27. The fourth-order valence-corrected chi connectivity index (χ4v) is 2.11. The summed E-state index contributed by atoms with van der Waals surface area (Å²) in [7, 11) is 2.06. The molecule has 1 aromatic heterocycles. The topological polar surface area (TPSA) is 42.2 Å². The van der Waals surface area contributed by atoms with E-state index in [4.69, 9.17) is 18.0 Å². The van der Waals surface area contributed by atoms with Gasteiger partial charge in [0.15, 0.2) is 0 Å². The molecule has 1 heterocycles. The molecule has 0 aromatic carbocycles. The summed E-state index contributed by atoms with van der Waals surface area (Å²) in [5.74, 6) is 0.664. The van der Waals surface area contributed by atoms with E-state index in [0.717, 1.165) is 12.1 Å². The Morgan fingerprint density at radius 1 is 1.47 bits per heavy atom. The molecule has 0 aliphatic carbocycles. The molecule has 0 amide bonds. The zero-order valence-corrected chi connectivity index (χ0v) is 11.8. The highest BCUT2D eigenvalue weighted by molar-refractivity contribution is 7.80. The lowest BCUT2D eigenvalue weighted by Gasteiger charge is -2.29. The zero-order chi connectivity index (χ0) is 13.0. The number of hydrogen-bond donors (Lipinski definition) is 1. The number of pyridine rings is 1. The average molecular weight is 251 g/mol. The van der Waals surface area contributed by atoms with Crippen molar-refractivity contribution in [3.63, 3.8) is 0 Å². The summed E-state index contributed by atoms with van der Waals surface area (Å²) in [6.07, 6.45) is 2.85. The number of anilines is 1. The van der Waals surface area contributed by atoms with E-state index in [-0.39, 0.29) is 0 Å². The molecule has 1 unspecified atom stereocenters. The van der Waals surface area contributed by atoms with E-state index in [9.17, 15) is 0 Å². The molecule has 0 spiro atoms. The molecule has 1 aromatic rings. The van der Waals surface area contributed by atoms with Crippen LogP contribution >= 0.6 is 12.2 Å². The third-order valence-electron chi connectivity index (χ3n) is 2.87. The largest absolute Gasteiger partial charge is 0.388 e. The van der Waals surface area contributed by atoms with Crippen molar-refractivity contribution in [1.82, 2.24) is 4.98 Å². The van der Waals surface area contributed by atoms with E-state index >= 15 is 0 Å². The maximum absolute atomic E-state index is 5.70. The van der Waals surface area contributed by atoms with E-state index in [0.29, 0.717) is 22.6 Å². The van der Waals surface area contributed by atoms with Crippen LogP contribution in [0.15, 0.2) is 18.3 Å². The molecule has 4 heteroatoms. The molecule has 3 nitrogen and oxygen atoms in total. The van der Waals surface area contributed by atoms with Gasteiger partial charge in [-0.25, -0.2) is 0 Å². The van der Waals surface area contributed by atoms with Crippen molar-refractivity contribution in [3.05, 3.63) is 24.0 Å². The Bertz CT molecular complexity index is 390. The number of rotatable bonds is 5.